The van der Waals surface area contributed by atoms with E-state index in [4.69, 9.17) is 9.84 Å². The van der Waals surface area contributed by atoms with E-state index >= 15 is 0 Å². The van der Waals surface area contributed by atoms with Gasteiger partial charge in [-0.1, -0.05) is 41.5 Å². The van der Waals surface area contributed by atoms with Gasteiger partial charge in [-0.3, -0.25) is 9.36 Å². The highest BCUT2D eigenvalue weighted by Gasteiger charge is 2.30. The van der Waals surface area contributed by atoms with Crippen LogP contribution in [0.3, 0.4) is 0 Å². The molecule has 0 aliphatic carbocycles. The summed E-state index contributed by atoms with van der Waals surface area (Å²) in [7, 11) is 2.95. The second-order valence-corrected chi connectivity index (χ2v) is 8.80. The van der Waals surface area contributed by atoms with Crippen LogP contribution in [0.2, 0.25) is 0 Å². The van der Waals surface area contributed by atoms with Crippen molar-refractivity contribution in [3.63, 3.8) is 0 Å². The van der Waals surface area contributed by atoms with Gasteiger partial charge >= 0.3 is 11.9 Å². The number of ether oxygens (including phenoxy) is 1. The van der Waals surface area contributed by atoms with Crippen LogP contribution < -0.4 is 0 Å². The number of aromatic nitrogens is 4. The minimum atomic E-state index is -1.30. The lowest BCUT2D eigenvalue weighted by atomic mass is 9.92. The summed E-state index contributed by atoms with van der Waals surface area (Å²) < 4.78 is 34.6. The molecule has 0 radical (unpaired) electrons. The van der Waals surface area contributed by atoms with Crippen molar-refractivity contribution >= 4 is 11.9 Å². The summed E-state index contributed by atoms with van der Waals surface area (Å²) in [4.78, 5) is 22.2. The Morgan fingerprint density at radius 3 is 1.53 bits per heavy atom. The highest BCUT2D eigenvalue weighted by molar-refractivity contribution is 5.88. The third kappa shape index (κ3) is 5.43. The predicted octanol–water partition coefficient (Wildman–Crippen LogP) is 3.59. The SMILES string of the molecule is CCOC(=O)c1c(F)c(C(C)(C)C)nn1C.Cn1nc(C(C)(C)C)c(F)c1C(=O)O. The maximum absolute atomic E-state index is 14.0. The molecule has 8 nitrogen and oxygen atoms in total. The number of nitrogens with zero attached hydrogens (tertiary/aromatic N) is 4. The van der Waals surface area contributed by atoms with Crippen LogP contribution in [-0.2, 0) is 29.7 Å². The van der Waals surface area contributed by atoms with Crippen LogP contribution in [0.4, 0.5) is 8.78 Å². The molecule has 0 aromatic carbocycles. The number of carbonyl (C=O) groups excluding carboxylic acids is 1. The fraction of sp³-hybridized carbons (Fsp3) is 0.600. The Morgan fingerprint density at radius 2 is 1.27 bits per heavy atom. The summed E-state index contributed by atoms with van der Waals surface area (Å²) in [5, 5.41) is 16.6. The number of hydrogen-bond acceptors (Lipinski definition) is 5. The van der Waals surface area contributed by atoms with E-state index in [0.29, 0.717) is 0 Å². The molecule has 0 aliphatic rings. The van der Waals surface area contributed by atoms with Crippen LogP contribution in [0.15, 0.2) is 0 Å². The van der Waals surface area contributed by atoms with Crippen molar-refractivity contribution in [3.05, 3.63) is 34.4 Å². The van der Waals surface area contributed by atoms with E-state index in [1.54, 1.807) is 27.7 Å². The molecule has 2 rings (SSSR count). The van der Waals surface area contributed by atoms with Gasteiger partial charge in [-0.05, 0) is 6.92 Å². The Labute approximate surface area is 174 Å². The molecule has 2 aromatic heterocycles. The summed E-state index contributed by atoms with van der Waals surface area (Å²) in [5.41, 5.74) is -0.987. The summed E-state index contributed by atoms with van der Waals surface area (Å²) >= 11 is 0. The third-order valence-corrected chi connectivity index (χ3v) is 4.07. The lowest BCUT2D eigenvalue weighted by molar-refractivity contribution is 0.0507. The molecule has 0 amide bonds. The Balaban J connectivity index is 0.000000303. The molecular weight excluding hydrogens is 398 g/mol. The Hall–Kier alpha value is -2.78. The fourth-order valence-corrected chi connectivity index (χ4v) is 2.61. The predicted molar refractivity (Wildman–Crippen MR) is 107 cm³/mol. The van der Waals surface area contributed by atoms with Crippen LogP contribution in [0.5, 0.6) is 0 Å². The van der Waals surface area contributed by atoms with Crippen molar-refractivity contribution in [1.29, 1.82) is 0 Å². The third-order valence-electron chi connectivity index (χ3n) is 4.07. The van der Waals surface area contributed by atoms with Crippen LogP contribution in [0.25, 0.3) is 0 Å². The average Bonchev–Trinajstić information content (AvgIpc) is 3.03. The molecule has 0 saturated carbocycles. The van der Waals surface area contributed by atoms with Gasteiger partial charge in [0.05, 0.1) is 6.61 Å². The van der Waals surface area contributed by atoms with Gasteiger partial charge in [0.1, 0.15) is 11.4 Å². The van der Waals surface area contributed by atoms with Crippen molar-refractivity contribution < 1.29 is 28.2 Å². The molecule has 2 aromatic rings. The maximum Gasteiger partial charge on any atom is 0.359 e. The van der Waals surface area contributed by atoms with Gasteiger partial charge in [0.2, 0.25) is 0 Å². The van der Waals surface area contributed by atoms with Crippen molar-refractivity contribution in [1.82, 2.24) is 19.6 Å². The minimum Gasteiger partial charge on any atom is -0.476 e. The summed E-state index contributed by atoms with van der Waals surface area (Å²) in [5.74, 6) is -3.31. The van der Waals surface area contributed by atoms with E-state index < -0.39 is 40.1 Å². The fourth-order valence-electron chi connectivity index (χ4n) is 2.61. The molecule has 0 bridgehead atoms. The molecule has 0 saturated heterocycles. The number of halogens is 2. The van der Waals surface area contributed by atoms with Gasteiger partial charge in [-0.2, -0.15) is 10.2 Å². The second kappa shape index (κ2) is 8.93. The van der Waals surface area contributed by atoms with Crippen LogP contribution in [0.1, 0.15) is 80.8 Å². The van der Waals surface area contributed by atoms with E-state index in [0.717, 1.165) is 4.68 Å². The molecular formula is C20H30F2N4O4. The zero-order valence-corrected chi connectivity index (χ0v) is 18.9. The lowest BCUT2D eigenvalue weighted by Gasteiger charge is -2.14. The van der Waals surface area contributed by atoms with E-state index in [1.165, 1.54) is 18.8 Å². The zero-order valence-electron chi connectivity index (χ0n) is 18.9. The first-order valence-electron chi connectivity index (χ1n) is 9.40. The van der Waals surface area contributed by atoms with Crippen LogP contribution >= 0.6 is 0 Å². The summed E-state index contributed by atoms with van der Waals surface area (Å²) in [6, 6.07) is 0. The van der Waals surface area contributed by atoms with Gasteiger partial charge in [0.15, 0.2) is 23.0 Å². The topological polar surface area (TPSA) is 99.2 Å². The van der Waals surface area contributed by atoms with Crippen molar-refractivity contribution in [2.45, 2.75) is 59.3 Å². The first-order chi connectivity index (χ1) is 13.5. The number of carboxylic acids is 1. The van der Waals surface area contributed by atoms with Crippen molar-refractivity contribution in [2.24, 2.45) is 14.1 Å². The lowest BCUT2D eigenvalue weighted by Crippen LogP contribution is -2.14. The molecule has 0 unspecified atom stereocenters. The van der Waals surface area contributed by atoms with E-state index in [-0.39, 0.29) is 23.7 Å². The Morgan fingerprint density at radius 1 is 0.900 bits per heavy atom. The minimum absolute atomic E-state index is 0.119. The number of esters is 1. The number of rotatable bonds is 3. The smallest absolute Gasteiger partial charge is 0.359 e. The van der Waals surface area contributed by atoms with Gasteiger partial charge in [0.25, 0.3) is 0 Å². The normalized spacial score (nSPS) is 11.7. The van der Waals surface area contributed by atoms with Gasteiger partial charge < -0.3 is 9.84 Å². The van der Waals surface area contributed by atoms with E-state index in [2.05, 4.69) is 10.2 Å². The molecule has 0 atom stereocenters. The zero-order chi connectivity index (χ0) is 23.6. The summed E-state index contributed by atoms with van der Waals surface area (Å²) in [6.07, 6.45) is 0. The van der Waals surface area contributed by atoms with Gasteiger partial charge in [-0.15, -0.1) is 0 Å². The van der Waals surface area contributed by atoms with Gasteiger partial charge in [-0.25, -0.2) is 18.4 Å². The molecule has 0 fully saturated rings. The molecule has 0 spiro atoms. The standard InChI is InChI=1S/C11H17FN2O2.C9H13FN2O2/c1-6-16-10(15)8-7(12)9(11(2,3)4)13-14(8)5;1-9(2,3)7-5(10)6(8(13)14)12(4)11-7/h6H2,1-5H3;1-4H3,(H,13,14). The first kappa shape index (κ1) is 25.3. The van der Waals surface area contributed by atoms with E-state index in [1.807, 2.05) is 20.8 Å². The quantitative estimate of drug-likeness (QED) is 0.750. The highest BCUT2D eigenvalue weighted by atomic mass is 19.1. The molecule has 10 heteroatoms. The summed E-state index contributed by atoms with van der Waals surface area (Å²) in [6.45, 7) is 12.8. The molecule has 0 aliphatic heterocycles. The van der Waals surface area contributed by atoms with Crippen LogP contribution in [0, 0.1) is 11.6 Å². The van der Waals surface area contributed by atoms with Crippen molar-refractivity contribution in [3.8, 4) is 0 Å². The number of aromatic carboxylic acids is 1. The monoisotopic (exact) mass is 428 g/mol. The molecule has 30 heavy (non-hydrogen) atoms. The Kier molecular flexibility index (Phi) is 7.52. The average molecular weight is 428 g/mol. The molecule has 2 heterocycles. The number of carbonyl (C=O) groups is 2. The highest BCUT2D eigenvalue weighted by Crippen LogP contribution is 2.26. The molecule has 1 N–H and O–H groups in total. The van der Waals surface area contributed by atoms with Gasteiger partial charge in [0, 0.05) is 24.9 Å². The number of carboxylic acid groups (broad SMARTS) is 1. The number of hydrogen-bond donors (Lipinski definition) is 1. The maximum atomic E-state index is 14.0. The largest absolute Gasteiger partial charge is 0.476 e. The second-order valence-electron chi connectivity index (χ2n) is 8.80. The Bertz CT molecular complexity index is 934. The number of aryl methyl sites for hydroxylation is 2. The van der Waals surface area contributed by atoms with Crippen LogP contribution in [-0.4, -0.2) is 43.2 Å². The van der Waals surface area contributed by atoms with Crippen molar-refractivity contribution in [2.75, 3.05) is 6.61 Å². The molecule has 168 valence electrons. The first-order valence-corrected chi connectivity index (χ1v) is 9.40. The van der Waals surface area contributed by atoms with E-state index in [9.17, 15) is 18.4 Å².